The van der Waals surface area contributed by atoms with Crippen molar-refractivity contribution in [3.05, 3.63) is 35.1 Å². The largest absolute Gasteiger partial charge is 0.368 e. The fourth-order valence-electron chi connectivity index (χ4n) is 1.71. The smallest absolute Gasteiger partial charge is 0.257 e. The van der Waals surface area contributed by atoms with Crippen LogP contribution in [0.1, 0.15) is 30.6 Å². The maximum atomic E-state index is 13.4. The van der Waals surface area contributed by atoms with Crippen LogP contribution in [0.2, 0.25) is 0 Å². The zero-order valence-electron chi connectivity index (χ0n) is 11.0. The van der Waals surface area contributed by atoms with Gasteiger partial charge in [0.05, 0.1) is 0 Å². The number of hydrogen-bond acceptors (Lipinski definition) is 2. The summed E-state index contributed by atoms with van der Waals surface area (Å²) >= 11 is 0. The molecular weight excluding hydrogens is 273 g/mol. The summed E-state index contributed by atoms with van der Waals surface area (Å²) in [6.07, 6.45) is 0.228. The lowest BCUT2D eigenvalue weighted by Crippen LogP contribution is -2.45. The number of benzene rings is 1. The Morgan fingerprint density at radius 2 is 1.70 bits per heavy atom. The fourth-order valence-corrected chi connectivity index (χ4v) is 1.71. The molecule has 0 saturated carbocycles. The van der Waals surface area contributed by atoms with E-state index in [0.717, 1.165) is 0 Å². The molecule has 0 radical (unpaired) electrons. The molecule has 1 atom stereocenters. The Labute approximate surface area is 114 Å². The average Bonchev–Trinajstić information content (AvgIpc) is 2.25. The first-order valence-corrected chi connectivity index (χ1v) is 5.97. The van der Waals surface area contributed by atoms with Gasteiger partial charge in [-0.1, -0.05) is 13.8 Å². The third-order valence-corrected chi connectivity index (χ3v) is 2.59. The molecule has 0 saturated heterocycles. The van der Waals surface area contributed by atoms with E-state index in [1.165, 1.54) is 0 Å². The number of rotatable bonds is 5. The van der Waals surface area contributed by atoms with E-state index < -0.39 is 40.9 Å². The second kappa shape index (κ2) is 6.40. The maximum Gasteiger partial charge on any atom is 0.257 e. The minimum Gasteiger partial charge on any atom is -0.368 e. The molecule has 0 spiro atoms. The molecule has 7 heteroatoms. The normalized spacial score (nSPS) is 12.3. The second-order valence-corrected chi connectivity index (χ2v) is 4.80. The molecule has 20 heavy (non-hydrogen) atoms. The number of halogens is 3. The fraction of sp³-hybridized carbons (Fsp3) is 0.385. The maximum absolute atomic E-state index is 13.4. The van der Waals surface area contributed by atoms with Crippen LogP contribution < -0.4 is 11.1 Å². The third-order valence-electron chi connectivity index (χ3n) is 2.59. The van der Waals surface area contributed by atoms with Gasteiger partial charge >= 0.3 is 0 Å². The van der Waals surface area contributed by atoms with Crippen molar-refractivity contribution in [2.75, 3.05) is 0 Å². The zero-order valence-corrected chi connectivity index (χ0v) is 11.0. The predicted octanol–water partition coefficient (Wildman–Crippen LogP) is 1.73. The number of carbonyl (C=O) groups excluding carboxylic acids is 2. The van der Waals surface area contributed by atoms with Crippen LogP contribution in [0, 0.1) is 23.4 Å². The van der Waals surface area contributed by atoms with E-state index in [0.29, 0.717) is 12.1 Å². The summed E-state index contributed by atoms with van der Waals surface area (Å²) in [5.41, 5.74) is 4.17. The molecule has 0 unspecified atom stereocenters. The molecule has 1 aromatic carbocycles. The summed E-state index contributed by atoms with van der Waals surface area (Å²) in [5, 5.41) is 2.15. The molecular formula is C13H15F3N2O2. The average molecular weight is 288 g/mol. The minimum atomic E-state index is -1.34. The third kappa shape index (κ3) is 3.97. The van der Waals surface area contributed by atoms with Crippen LogP contribution in [-0.4, -0.2) is 17.9 Å². The summed E-state index contributed by atoms with van der Waals surface area (Å²) in [4.78, 5) is 23.0. The number of nitrogens with two attached hydrogens (primary N) is 1. The van der Waals surface area contributed by atoms with E-state index in [4.69, 9.17) is 5.73 Å². The van der Waals surface area contributed by atoms with Crippen molar-refractivity contribution in [2.24, 2.45) is 11.7 Å². The Kier molecular flexibility index (Phi) is 5.12. The highest BCUT2D eigenvalue weighted by molar-refractivity contribution is 5.97. The molecule has 0 aliphatic rings. The summed E-state index contributed by atoms with van der Waals surface area (Å²) in [6.45, 7) is 3.59. The first-order chi connectivity index (χ1) is 9.22. The lowest BCUT2D eigenvalue weighted by atomic mass is 10.0. The predicted molar refractivity (Wildman–Crippen MR) is 66.2 cm³/mol. The number of amides is 2. The molecule has 0 bridgehead atoms. The van der Waals surface area contributed by atoms with Gasteiger partial charge in [-0.15, -0.1) is 0 Å². The van der Waals surface area contributed by atoms with Gasteiger partial charge in [0.1, 0.15) is 29.1 Å². The number of nitrogens with one attached hydrogen (secondary N) is 1. The molecule has 3 N–H and O–H groups in total. The highest BCUT2D eigenvalue weighted by Crippen LogP contribution is 2.15. The van der Waals surface area contributed by atoms with Crippen molar-refractivity contribution >= 4 is 11.8 Å². The molecule has 1 aromatic rings. The molecule has 1 rings (SSSR count). The molecule has 0 aliphatic heterocycles. The summed E-state index contributed by atoms with van der Waals surface area (Å²) < 4.78 is 39.6. The first-order valence-electron chi connectivity index (χ1n) is 5.97. The molecule has 2 amide bonds. The van der Waals surface area contributed by atoms with E-state index in [1.54, 1.807) is 13.8 Å². The van der Waals surface area contributed by atoms with E-state index in [-0.39, 0.29) is 12.3 Å². The Balaban J connectivity index is 2.98. The highest BCUT2D eigenvalue weighted by atomic mass is 19.1. The van der Waals surface area contributed by atoms with Crippen LogP contribution in [0.25, 0.3) is 0 Å². The summed E-state index contributed by atoms with van der Waals surface area (Å²) in [7, 11) is 0. The Hall–Kier alpha value is -2.05. The van der Waals surface area contributed by atoms with Crippen LogP contribution >= 0.6 is 0 Å². The standard InChI is InChI=1S/C13H15F3N2O2/c1-6(2)3-10(12(17)19)18-13(20)11-8(15)4-7(14)5-9(11)16/h4-6,10H,3H2,1-2H3,(H2,17,19)(H,18,20)/t10-/m1/s1. The number of hydrogen-bond donors (Lipinski definition) is 2. The Morgan fingerprint density at radius 1 is 1.20 bits per heavy atom. The summed E-state index contributed by atoms with van der Waals surface area (Å²) in [6, 6.07) is -0.272. The number of carbonyl (C=O) groups is 2. The molecule has 0 heterocycles. The number of primary amides is 1. The van der Waals surface area contributed by atoms with E-state index in [1.807, 2.05) is 0 Å². The van der Waals surface area contributed by atoms with Crippen LogP contribution in [0.3, 0.4) is 0 Å². The Morgan fingerprint density at radius 3 is 2.10 bits per heavy atom. The van der Waals surface area contributed by atoms with Crippen molar-refractivity contribution in [3.8, 4) is 0 Å². The van der Waals surface area contributed by atoms with E-state index in [2.05, 4.69) is 5.32 Å². The van der Waals surface area contributed by atoms with Gasteiger partial charge in [0.25, 0.3) is 5.91 Å². The van der Waals surface area contributed by atoms with Gasteiger partial charge in [-0.25, -0.2) is 13.2 Å². The zero-order chi connectivity index (χ0) is 15.4. The van der Waals surface area contributed by atoms with Gasteiger partial charge in [0.15, 0.2) is 0 Å². The quantitative estimate of drug-likeness (QED) is 0.866. The monoisotopic (exact) mass is 288 g/mol. The van der Waals surface area contributed by atoms with Crippen molar-refractivity contribution in [3.63, 3.8) is 0 Å². The van der Waals surface area contributed by atoms with Gasteiger partial charge < -0.3 is 11.1 Å². The molecule has 110 valence electrons. The lowest BCUT2D eigenvalue weighted by molar-refractivity contribution is -0.120. The van der Waals surface area contributed by atoms with Gasteiger partial charge in [0, 0.05) is 12.1 Å². The van der Waals surface area contributed by atoms with Crippen molar-refractivity contribution in [1.82, 2.24) is 5.32 Å². The minimum absolute atomic E-state index is 0.0377. The topological polar surface area (TPSA) is 72.2 Å². The highest BCUT2D eigenvalue weighted by Gasteiger charge is 2.24. The van der Waals surface area contributed by atoms with Crippen LogP contribution in [0.4, 0.5) is 13.2 Å². The van der Waals surface area contributed by atoms with Gasteiger partial charge in [-0.2, -0.15) is 0 Å². The second-order valence-electron chi connectivity index (χ2n) is 4.80. The van der Waals surface area contributed by atoms with Crippen LogP contribution in [0.5, 0.6) is 0 Å². The molecule has 0 aliphatic carbocycles. The van der Waals surface area contributed by atoms with Crippen LogP contribution in [0.15, 0.2) is 12.1 Å². The van der Waals surface area contributed by atoms with Crippen LogP contribution in [-0.2, 0) is 4.79 Å². The molecule has 0 aromatic heterocycles. The van der Waals surface area contributed by atoms with Gasteiger partial charge in [-0.3, -0.25) is 9.59 Å². The molecule has 4 nitrogen and oxygen atoms in total. The van der Waals surface area contributed by atoms with Crippen molar-refractivity contribution in [1.29, 1.82) is 0 Å². The Bertz CT molecular complexity index is 509. The SMILES string of the molecule is CC(C)C[C@@H](NC(=O)c1c(F)cc(F)cc1F)C(N)=O. The lowest BCUT2D eigenvalue weighted by Gasteiger charge is -2.17. The summed E-state index contributed by atoms with van der Waals surface area (Å²) in [5.74, 6) is -5.74. The van der Waals surface area contributed by atoms with Crippen molar-refractivity contribution < 1.29 is 22.8 Å². The van der Waals surface area contributed by atoms with Gasteiger partial charge in [0.2, 0.25) is 5.91 Å². The van der Waals surface area contributed by atoms with Crippen molar-refractivity contribution in [2.45, 2.75) is 26.3 Å². The van der Waals surface area contributed by atoms with E-state index >= 15 is 0 Å². The van der Waals surface area contributed by atoms with E-state index in [9.17, 15) is 22.8 Å². The van der Waals surface area contributed by atoms with Gasteiger partial charge in [-0.05, 0) is 12.3 Å². The molecule has 0 fully saturated rings. The first kappa shape index (κ1) is 16.0.